The molecule has 0 aliphatic rings. The first-order valence-electron chi connectivity index (χ1n) is 8.43. The zero-order valence-corrected chi connectivity index (χ0v) is 15.7. The maximum atomic E-state index is 14.1. The van der Waals surface area contributed by atoms with Crippen molar-refractivity contribution < 1.29 is 22.5 Å². The molecule has 29 heavy (non-hydrogen) atoms. The summed E-state index contributed by atoms with van der Waals surface area (Å²) in [6.45, 7) is 1.65. The van der Waals surface area contributed by atoms with Crippen LogP contribution in [-0.4, -0.2) is 20.8 Å². The van der Waals surface area contributed by atoms with Crippen molar-refractivity contribution in [3.8, 4) is 11.5 Å². The van der Waals surface area contributed by atoms with E-state index < -0.39 is 23.6 Å². The smallest absolute Gasteiger partial charge is 0.277 e. The van der Waals surface area contributed by atoms with Crippen LogP contribution in [0.5, 0.6) is 0 Å². The molecule has 0 radical (unpaired) electrons. The minimum atomic E-state index is -0.781. The number of aromatic nitrogens is 3. The molecule has 148 valence electrons. The van der Waals surface area contributed by atoms with E-state index in [1.54, 1.807) is 19.1 Å². The fourth-order valence-corrected chi connectivity index (χ4v) is 3.16. The van der Waals surface area contributed by atoms with Crippen LogP contribution in [0, 0.1) is 11.6 Å². The van der Waals surface area contributed by atoms with Crippen molar-refractivity contribution in [2.75, 3.05) is 5.32 Å². The molecule has 4 rings (SSSR count). The summed E-state index contributed by atoms with van der Waals surface area (Å²) in [6.07, 6.45) is 4.36. The molecule has 1 aromatic carbocycles. The van der Waals surface area contributed by atoms with Gasteiger partial charge in [-0.25, -0.2) is 8.78 Å². The van der Waals surface area contributed by atoms with Crippen LogP contribution in [0.3, 0.4) is 0 Å². The van der Waals surface area contributed by atoms with E-state index in [4.69, 9.17) is 20.5 Å². The number of nitrogens with zero attached hydrogens (tertiary/aromatic N) is 3. The number of nitrogens with one attached hydrogen (secondary N) is 1. The highest BCUT2D eigenvalue weighted by atomic mass is 35.5. The second kappa shape index (κ2) is 7.51. The quantitative estimate of drug-likeness (QED) is 0.497. The molecule has 10 heteroatoms. The summed E-state index contributed by atoms with van der Waals surface area (Å²) < 4.78 is 39.1. The molecular formula is C19H13ClF2N4O3. The largest absolute Gasteiger partial charge is 0.461 e. The van der Waals surface area contributed by atoms with Gasteiger partial charge in [0.2, 0.25) is 5.76 Å². The summed E-state index contributed by atoms with van der Waals surface area (Å²) in [6, 6.07) is 5.95. The van der Waals surface area contributed by atoms with Crippen LogP contribution in [0.2, 0.25) is 5.02 Å². The normalized spacial score (nSPS) is 12.1. The van der Waals surface area contributed by atoms with Crippen molar-refractivity contribution >= 4 is 23.2 Å². The standard InChI is InChI=1S/C19H13ClF2N4O3/c1-10(18-13(20)5-11(21)6-14(18)22)26-9-12(8-23-26)24-19(27)15-7-17(29-25-15)16-3-2-4-28-16/h2-10H,1H3,(H,24,27). The number of amides is 1. The Kier molecular flexibility index (Phi) is 4.89. The molecule has 0 bridgehead atoms. The molecule has 0 spiro atoms. The highest BCUT2D eigenvalue weighted by Gasteiger charge is 2.20. The van der Waals surface area contributed by atoms with Gasteiger partial charge in [-0.3, -0.25) is 9.48 Å². The molecular weight excluding hydrogens is 406 g/mol. The second-order valence-electron chi connectivity index (χ2n) is 6.18. The Morgan fingerprint density at radius 1 is 1.28 bits per heavy atom. The molecule has 3 heterocycles. The lowest BCUT2D eigenvalue weighted by Gasteiger charge is -2.15. The number of hydrogen-bond donors (Lipinski definition) is 1. The van der Waals surface area contributed by atoms with E-state index >= 15 is 0 Å². The van der Waals surface area contributed by atoms with Crippen molar-refractivity contribution in [3.05, 3.63) is 76.9 Å². The van der Waals surface area contributed by atoms with Crippen molar-refractivity contribution in [2.45, 2.75) is 13.0 Å². The first-order valence-corrected chi connectivity index (χ1v) is 8.80. The van der Waals surface area contributed by atoms with Crippen LogP contribution in [0.1, 0.15) is 29.0 Å². The fourth-order valence-electron chi connectivity index (χ4n) is 2.81. The van der Waals surface area contributed by atoms with Gasteiger partial charge >= 0.3 is 0 Å². The summed E-state index contributed by atoms with van der Waals surface area (Å²) in [5, 5.41) is 10.4. The van der Waals surface area contributed by atoms with Gasteiger partial charge in [0.25, 0.3) is 5.91 Å². The zero-order chi connectivity index (χ0) is 20.5. The monoisotopic (exact) mass is 418 g/mol. The predicted octanol–water partition coefficient (Wildman–Crippen LogP) is 4.92. The van der Waals surface area contributed by atoms with E-state index in [-0.39, 0.29) is 16.3 Å². The van der Waals surface area contributed by atoms with Gasteiger partial charge in [0.15, 0.2) is 11.5 Å². The number of halogens is 3. The van der Waals surface area contributed by atoms with Gasteiger partial charge in [-0.2, -0.15) is 5.10 Å². The van der Waals surface area contributed by atoms with Gasteiger partial charge in [0.1, 0.15) is 11.6 Å². The van der Waals surface area contributed by atoms with Gasteiger partial charge in [0.05, 0.1) is 29.2 Å². The molecule has 1 amide bonds. The lowest BCUT2D eigenvalue weighted by Crippen LogP contribution is -2.12. The Bertz CT molecular complexity index is 1150. The van der Waals surface area contributed by atoms with E-state index in [2.05, 4.69) is 15.6 Å². The minimum Gasteiger partial charge on any atom is -0.461 e. The maximum Gasteiger partial charge on any atom is 0.277 e. The van der Waals surface area contributed by atoms with Crippen LogP contribution in [0.25, 0.3) is 11.5 Å². The van der Waals surface area contributed by atoms with Crippen LogP contribution in [0.15, 0.2) is 57.9 Å². The molecule has 1 unspecified atom stereocenters. The summed E-state index contributed by atoms with van der Waals surface area (Å²) in [4.78, 5) is 12.4. The Morgan fingerprint density at radius 2 is 2.10 bits per heavy atom. The fraction of sp³-hybridized carbons (Fsp3) is 0.105. The topological polar surface area (TPSA) is 86.1 Å². The summed E-state index contributed by atoms with van der Waals surface area (Å²) >= 11 is 5.98. The molecule has 0 saturated carbocycles. The number of anilines is 1. The summed E-state index contributed by atoms with van der Waals surface area (Å²) in [5.74, 6) is -1.32. The Morgan fingerprint density at radius 3 is 2.83 bits per heavy atom. The highest BCUT2D eigenvalue weighted by molar-refractivity contribution is 6.31. The van der Waals surface area contributed by atoms with Gasteiger partial charge in [-0.05, 0) is 25.1 Å². The van der Waals surface area contributed by atoms with Gasteiger partial charge < -0.3 is 14.3 Å². The molecule has 0 fully saturated rings. The number of carbonyl (C=O) groups excluding carboxylic acids is 1. The third-order valence-corrected chi connectivity index (χ3v) is 4.54. The van der Waals surface area contributed by atoms with Crippen LogP contribution in [0.4, 0.5) is 14.5 Å². The molecule has 1 N–H and O–H groups in total. The number of hydrogen-bond acceptors (Lipinski definition) is 5. The number of carbonyl (C=O) groups is 1. The van der Waals surface area contributed by atoms with E-state index in [1.807, 2.05) is 0 Å². The maximum absolute atomic E-state index is 14.1. The Labute approximate surface area is 167 Å². The molecule has 0 aliphatic carbocycles. The molecule has 7 nitrogen and oxygen atoms in total. The second-order valence-corrected chi connectivity index (χ2v) is 6.58. The lowest BCUT2D eigenvalue weighted by atomic mass is 10.1. The highest BCUT2D eigenvalue weighted by Crippen LogP contribution is 2.30. The van der Waals surface area contributed by atoms with E-state index in [1.165, 1.54) is 29.4 Å². The van der Waals surface area contributed by atoms with Crippen molar-refractivity contribution in [2.24, 2.45) is 0 Å². The number of benzene rings is 1. The van der Waals surface area contributed by atoms with E-state index in [9.17, 15) is 13.6 Å². The third kappa shape index (κ3) is 3.77. The third-order valence-electron chi connectivity index (χ3n) is 4.22. The van der Waals surface area contributed by atoms with Crippen LogP contribution >= 0.6 is 11.6 Å². The molecule has 4 aromatic rings. The average Bonchev–Trinajstić information content (AvgIpc) is 3.41. The van der Waals surface area contributed by atoms with Gasteiger partial charge in [0, 0.05) is 23.9 Å². The van der Waals surface area contributed by atoms with Gasteiger partial charge in [-0.15, -0.1) is 0 Å². The Hall–Kier alpha value is -3.46. The predicted molar refractivity (Wildman–Crippen MR) is 99.6 cm³/mol. The van der Waals surface area contributed by atoms with Crippen molar-refractivity contribution in [1.29, 1.82) is 0 Å². The van der Waals surface area contributed by atoms with Crippen molar-refractivity contribution in [3.63, 3.8) is 0 Å². The van der Waals surface area contributed by atoms with E-state index in [0.717, 1.165) is 12.1 Å². The van der Waals surface area contributed by atoms with E-state index in [0.29, 0.717) is 17.2 Å². The molecule has 0 aliphatic heterocycles. The van der Waals surface area contributed by atoms with Gasteiger partial charge in [-0.1, -0.05) is 16.8 Å². The minimum absolute atomic E-state index is 0.0461. The van der Waals surface area contributed by atoms with Crippen molar-refractivity contribution in [1.82, 2.24) is 14.9 Å². The zero-order valence-electron chi connectivity index (χ0n) is 14.9. The van der Waals surface area contributed by atoms with Crippen LogP contribution < -0.4 is 5.32 Å². The first-order chi connectivity index (χ1) is 13.9. The SMILES string of the molecule is CC(c1c(F)cc(F)cc1Cl)n1cc(NC(=O)c2cc(-c3ccco3)on2)cn1. The molecule has 0 saturated heterocycles. The van der Waals surface area contributed by atoms with Crippen LogP contribution in [-0.2, 0) is 0 Å². The summed E-state index contributed by atoms with van der Waals surface area (Å²) in [7, 11) is 0. The Balaban J connectivity index is 1.50. The average molecular weight is 419 g/mol. The molecule has 1 atom stereocenters. The summed E-state index contributed by atoms with van der Waals surface area (Å²) in [5.41, 5.74) is 0.487. The first kappa shape index (κ1) is 18.9. The number of rotatable bonds is 5. The lowest BCUT2D eigenvalue weighted by molar-refractivity contribution is 0.101. The molecule has 3 aromatic heterocycles. The number of furan rings is 1.